The molecule has 1 heterocycles. The van der Waals surface area contributed by atoms with Gasteiger partial charge in [0.2, 0.25) is 0 Å². The zero-order valence-corrected chi connectivity index (χ0v) is 15.4. The van der Waals surface area contributed by atoms with Gasteiger partial charge in [-0.2, -0.15) is 0 Å². The van der Waals surface area contributed by atoms with E-state index in [1.807, 2.05) is 6.92 Å². The number of amides is 2. The lowest BCUT2D eigenvalue weighted by molar-refractivity contribution is 0.0947. The van der Waals surface area contributed by atoms with Crippen molar-refractivity contribution in [3.05, 3.63) is 53.9 Å². The third-order valence-electron chi connectivity index (χ3n) is 3.64. The van der Waals surface area contributed by atoms with E-state index in [2.05, 4.69) is 29.5 Å². The molecule has 0 fully saturated rings. The quantitative estimate of drug-likeness (QED) is 0.759. The topological polar surface area (TPSA) is 80.3 Å². The molecule has 0 aliphatic carbocycles. The number of nitrogens with zero attached hydrogens (tertiary/aromatic N) is 1. The molecule has 0 saturated heterocycles. The standard InChI is InChI=1S/C20H25N3O3/c1-4-26-16-10-8-15(9-11-16)22-20(25)18-7-5-6-17(23-18)19(24)21-13-12-14(2)3/h5-11,14H,4,12-13H2,1-3H3,(H,21,24)(H,22,25). The highest BCUT2D eigenvalue weighted by atomic mass is 16.5. The SMILES string of the molecule is CCOc1ccc(NC(=O)c2cccc(C(=O)NCCC(C)C)n2)cc1. The molecule has 26 heavy (non-hydrogen) atoms. The van der Waals surface area contributed by atoms with Crippen LogP contribution in [0.3, 0.4) is 0 Å². The average molecular weight is 355 g/mol. The second-order valence-corrected chi connectivity index (χ2v) is 6.26. The largest absolute Gasteiger partial charge is 0.494 e. The molecule has 1 aromatic heterocycles. The number of aromatic nitrogens is 1. The Labute approximate surface area is 154 Å². The molecular weight excluding hydrogens is 330 g/mol. The summed E-state index contributed by atoms with van der Waals surface area (Å²) in [6.07, 6.45) is 0.893. The fraction of sp³-hybridized carbons (Fsp3) is 0.350. The lowest BCUT2D eigenvalue weighted by Crippen LogP contribution is -2.27. The van der Waals surface area contributed by atoms with Crippen LogP contribution in [0.1, 0.15) is 48.2 Å². The molecule has 0 atom stereocenters. The van der Waals surface area contributed by atoms with Crippen LogP contribution in [-0.4, -0.2) is 29.9 Å². The van der Waals surface area contributed by atoms with Gasteiger partial charge in [-0.25, -0.2) is 4.98 Å². The van der Waals surface area contributed by atoms with Gasteiger partial charge in [-0.05, 0) is 55.7 Å². The van der Waals surface area contributed by atoms with Crippen LogP contribution in [0.15, 0.2) is 42.5 Å². The van der Waals surface area contributed by atoms with Crippen LogP contribution in [-0.2, 0) is 0 Å². The van der Waals surface area contributed by atoms with Gasteiger partial charge in [0.15, 0.2) is 0 Å². The Morgan fingerprint density at radius 3 is 2.31 bits per heavy atom. The van der Waals surface area contributed by atoms with Gasteiger partial charge >= 0.3 is 0 Å². The number of nitrogens with one attached hydrogen (secondary N) is 2. The molecule has 2 rings (SSSR count). The minimum atomic E-state index is -0.369. The van der Waals surface area contributed by atoms with Crippen molar-refractivity contribution in [2.45, 2.75) is 27.2 Å². The summed E-state index contributed by atoms with van der Waals surface area (Å²) in [6, 6.07) is 11.9. The average Bonchev–Trinajstić information content (AvgIpc) is 2.63. The van der Waals surface area contributed by atoms with Crippen molar-refractivity contribution >= 4 is 17.5 Å². The van der Waals surface area contributed by atoms with Gasteiger partial charge in [0.05, 0.1) is 6.61 Å². The summed E-state index contributed by atoms with van der Waals surface area (Å²) in [5.41, 5.74) is 1.05. The molecule has 0 radical (unpaired) electrons. The van der Waals surface area contributed by atoms with E-state index >= 15 is 0 Å². The molecule has 0 aliphatic rings. The smallest absolute Gasteiger partial charge is 0.274 e. The van der Waals surface area contributed by atoms with Crippen LogP contribution >= 0.6 is 0 Å². The maximum absolute atomic E-state index is 12.4. The highest BCUT2D eigenvalue weighted by molar-refractivity contribution is 6.03. The van der Waals surface area contributed by atoms with Crippen molar-refractivity contribution in [1.82, 2.24) is 10.3 Å². The molecule has 2 aromatic rings. The van der Waals surface area contributed by atoms with Crippen LogP contribution in [0.5, 0.6) is 5.75 Å². The van der Waals surface area contributed by atoms with E-state index in [0.717, 1.165) is 12.2 Å². The van der Waals surface area contributed by atoms with E-state index in [4.69, 9.17) is 4.74 Å². The number of ether oxygens (including phenoxy) is 1. The third-order valence-corrected chi connectivity index (χ3v) is 3.64. The molecule has 6 heteroatoms. The highest BCUT2D eigenvalue weighted by Gasteiger charge is 2.12. The number of hydrogen-bond acceptors (Lipinski definition) is 4. The summed E-state index contributed by atoms with van der Waals surface area (Å²) < 4.78 is 5.37. The van der Waals surface area contributed by atoms with Crippen molar-refractivity contribution in [1.29, 1.82) is 0 Å². The number of anilines is 1. The van der Waals surface area contributed by atoms with Gasteiger partial charge in [0, 0.05) is 12.2 Å². The minimum Gasteiger partial charge on any atom is -0.494 e. The normalized spacial score (nSPS) is 10.5. The second-order valence-electron chi connectivity index (χ2n) is 6.26. The van der Waals surface area contributed by atoms with Crippen LogP contribution in [0.2, 0.25) is 0 Å². The van der Waals surface area contributed by atoms with Crippen molar-refractivity contribution in [3.8, 4) is 5.75 Å². The lowest BCUT2D eigenvalue weighted by atomic mass is 10.1. The van der Waals surface area contributed by atoms with Gasteiger partial charge in [-0.3, -0.25) is 9.59 Å². The van der Waals surface area contributed by atoms with Crippen molar-refractivity contribution in [2.24, 2.45) is 5.92 Å². The number of rotatable bonds is 8. The van der Waals surface area contributed by atoms with Crippen molar-refractivity contribution < 1.29 is 14.3 Å². The van der Waals surface area contributed by atoms with Gasteiger partial charge in [0.1, 0.15) is 17.1 Å². The van der Waals surface area contributed by atoms with Crippen molar-refractivity contribution in [3.63, 3.8) is 0 Å². The summed E-state index contributed by atoms with van der Waals surface area (Å²) in [6.45, 7) is 7.27. The molecule has 0 bridgehead atoms. The molecule has 138 valence electrons. The Morgan fingerprint density at radius 1 is 1.04 bits per heavy atom. The first-order valence-electron chi connectivity index (χ1n) is 8.79. The number of carbonyl (C=O) groups excluding carboxylic acids is 2. The number of pyridine rings is 1. The Morgan fingerprint density at radius 2 is 1.69 bits per heavy atom. The molecule has 0 saturated carbocycles. The van der Waals surface area contributed by atoms with E-state index in [-0.39, 0.29) is 23.2 Å². The molecule has 2 amide bonds. The maximum Gasteiger partial charge on any atom is 0.274 e. The predicted molar refractivity (Wildman–Crippen MR) is 102 cm³/mol. The molecule has 0 unspecified atom stereocenters. The van der Waals surface area contributed by atoms with E-state index in [1.54, 1.807) is 42.5 Å². The number of hydrogen-bond donors (Lipinski definition) is 2. The summed E-state index contributed by atoms with van der Waals surface area (Å²) in [7, 11) is 0. The van der Waals surface area contributed by atoms with Crippen LogP contribution < -0.4 is 15.4 Å². The lowest BCUT2D eigenvalue weighted by Gasteiger charge is -2.09. The highest BCUT2D eigenvalue weighted by Crippen LogP contribution is 2.16. The zero-order valence-electron chi connectivity index (χ0n) is 15.4. The van der Waals surface area contributed by atoms with E-state index in [1.165, 1.54) is 0 Å². The first kappa shape index (κ1) is 19.4. The number of carbonyl (C=O) groups is 2. The number of benzene rings is 1. The Balaban J connectivity index is 1.99. The van der Waals surface area contributed by atoms with Gasteiger partial charge < -0.3 is 15.4 Å². The Bertz CT molecular complexity index is 742. The third kappa shape index (κ3) is 5.88. The van der Waals surface area contributed by atoms with Gasteiger partial charge in [0.25, 0.3) is 11.8 Å². The fourth-order valence-corrected chi connectivity index (χ4v) is 2.25. The minimum absolute atomic E-state index is 0.190. The Hall–Kier alpha value is -2.89. The van der Waals surface area contributed by atoms with Gasteiger partial charge in [-0.15, -0.1) is 0 Å². The fourth-order valence-electron chi connectivity index (χ4n) is 2.25. The molecule has 1 aromatic carbocycles. The molecule has 6 nitrogen and oxygen atoms in total. The summed E-state index contributed by atoms with van der Waals surface area (Å²) in [5.74, 6) is 0.602. The second kappa shape index (κ2) is 9.56. The molecular formula is C20H25N3O3. The van der Waals surface area contributed by atoms with Crippen LogP contribution in [0, 0.1) is 5.92 Å². The zero-order chi connectivity index (χ0) is 18.9. The van der Waals surface area contributed by atoms with E-state index in [0.29, 0.717) is 24.8 Å². The molecule has 2 N–H and O–H groups in total. The van der Waals surface area contributed by atoms with Gasteiger partial charge in [-0.1, -0.05) is 19.9 Å². The predicted octanol–water partition coefficient (Wildman–Crippen LogP) is 3.51. The van der Waals surface area contributed by atoms with E-state index < -0.39 is 0 Å². The molecule has 0 spiro atoms. The molecule has 0 aliphatic heterocycles. The van der Waals surface area contributed by atoms with Crippen LogP contribution in [0.25, 0.3) is 0 Å². The van der Waals surface area contributed by atoms with E-state index in [9.17, 15) is 9.59 Å². The maximum atomic E-state index is 12.4. The van der Waals surface area contributed by atoms with Crippen LogP contribution in [0.4, 0.5) is 5.69 Å². The first-order chi connectivity index (χ1) is 12.5. The van der Waals surface area contributed by atoms with Crippen molar-refractivity contribution in [2.75, 3.05) is 18.5 Å². The summed E-state index contributed by atoms with van der Waals surface area (Å²) in [4.78, 5) is 28.7. The Kier molecular flexibility index (Phi) is 7.14. The monoisotopic (exact) mass is 355 g/mol. The first-order valence-corrected chi connectivity index (χ1v) is 8.79. The summed E-state index contributed by atoms with van der Waals surface area (Å²) in [5, 5.41) is 5.58. The summed E-state index contributed by atoms with van der Waals surface area (Å²) >= 11 is 0.